The van der Waals surface area contributed by atoms with Crippen LogP contribution in [0.4, 0.5) is 17.1 Å². The number of fused-ring (bicyclic) bond motifs is 1. The SMILES string of the molecule is COc1cc(NC(=O)c2cc3ccccc3c(N=Nc3c(C)cc(Cl)cc3S(=O)(=O)O)c2O)ccc1Cl. The molecule has 0 fully saturated rings. The van der Waals surface area contributed by atoms with Crippen molar-refractivity contribution < 1.29 is 27.6 Å². The molecule has 12 heteroatoms. The molecule has 1 amide bonds. The summed E-state index contributed by atoms with van der Waals surface area (Å²) >= 11 is 12.0. The number of azo groups is 1. The first kappa shape index (κ1) is 26.4. The van der Waals surface area contributed by atoms with Crippen molar-refractivity contribution in [2.24, 2.45) is 10.2 Å². The molecule has 4 aromatic carbocycles. The van der Waals surface area contributed by atoms with Crippen molar-refractivity contribution in [3.05, 3.63) is 81.8 Å². The van der Waals surface area contributed by atoms with Crippen molar-refractivity contribution in [3.8, 4) is 11.5 Å². The molecule has 0 aliphatic heterocycles. The molecule has 0 atom stereocenters. The van der Waals surface area contributed by atoms with E-state index in [1.807, 2.05) is 0 Å². The number of aromatic hydroxyl groups is 1. The van der Waals surface area contributed by atoms with E-state index in [4.69, 9.17) is 27.9 Å². The normalized spacial score (nSPS) is 11.7. The highest BCUT2D eigenvalue weighted by Gasteiger charge is 2.21. The molecule has 0 saturated carbocycles. The number of aryl methyl sites for hydroxylation is 1. The number of hydrogen-bond acceptors (Lipinski definition) is 7. The van der Waals surface area contributed by atoms with Gasteiger partial charge in [0, 0.05) is 22.2 Å². The number of rotatable bonds is 6. The quantitative estimate of drug-likeness (QED) is 0.170. The van der Waals surface area contributed by atoms with Gasteiger partial charge in [-0.1, -0.05) is 47.5 Å². The minimum absolute atomic E-state index is 0.0763. The van der Waals surface area contributed by atoms with E-state index in [9.17, 15) is 22.9 Å². The first-order valence-corrected chi connectivity index (χ1v) is 12.8. The molecule has 0 radical (unpaired) electrons. The summed E-state index contributed by atoms with van der Waals surface area (Å²) in [4.78, 5) is 12.6. The Balaban J connectivity index is 1.83. The van der Waals surface area contributed by atoms with E-state index in [-0.39, 0.29) is 22.0 Å². The van der Waals surface area contributed by atoms with Gasteiger partial charge in [-0.2, -0.15) is 8.42 Å². The topological polar surface area (TPSA) is 138 Å². The molecule has 4 rings (SSSR count). The second-order valence-corrected chi connectivity index (χ2v) is 10.1. The molecular formula is C25H19Cl2N3O6S. The zero-order valence-electron chi connectivity index (χ0n) is 19.4. The third-order valence-electron chi connectivity index (χ3n) is 5.41. The number of nitrogens with one attached hydrogen (secondary N) is 1. The zero-order valence-corrected chi connectivity index (χ0v) is 21.7. The molecular weight excluding hydrogens is 541 g/mol. The maximum absolute atomic E-state index is 13.1. The molecule has 37 heavy (non-hydrogen) atoms. The summed E-state index contributed by atoms with van der Waals surface area (Å²) in [7, 11) is -3.25. The van der Waals surface area contributed by atoms with Crippen LogP contribution in [0.15, 0.2) is 75.8 Å². The number of methoxy groups -OCH3 is 1. The minimum Gasteiger partial charge on any atom is -0.505 e. The van der Waals surface area contributed by atoms with Gasteiger partial charge in [0.05, 0.1) is 17.7 Å². The third-order valence-corrected chi connectivity index (χ3v) is 6.80. The van der Waals surface area contributed by atoms with Gasteiger partial charge in [-0.05, 0) is 48.2 Å². The molecule has 0 aromatic heterocycles. The predicted octanol–water partition coefficient (Wildman–Crippen LogP) is 7.08. The molecule has 0 spiro atoms. The average Bonchev–Trinajstić information content (AvgIpc) is 2.84. The summed E-state index contributed by atoms with van der Waals surface area (Å²) in [6.45, 7) is 1.54. The summed E-state index contributed by atoms with van der Waals surface area (Å²) in [6.07, 6.45) is 0. The van der Waals surface area contributed by atoms with Crippen LogP contribution in [-0.4, -0.2) is 31.1 Å². The smallest absolute Gasteiger partial charge is 0.296 e. The van der Waals surface area contributed by atoms with Gasteiger partial charge in [-0.25, -0.2) is 0 Å². The van der Waals surface area contributed by atoms with Gasteiger partial charge in [0.15, 0.2) is 5.75 Å². The van der Waals surface area contributed by atoms with Gasteiger partial charge >= 0.3 is 0 Å². The number of anilines is 1. The lowest BCUT2D eigenvalue weighted by atomic mass is 10.0. The molecule has 9 nitrogen and oxygen atoms in total. The number of ether oxygens (including phenoxy) is 1. The van der Waals surface area contributed by atoms with E-state index < -0.39 is 26.7 Å². The maximum atomic E-state index is 13.1. The lowest BCUT2D eigenvalue weighted by Gasteiger charge is -2.12. The van der Waals surface area contributed by atoms with Crippen LogP contribution >= 0.6 is 23.2 Å². The van der Waals surface area contributed by atoms with Crippen LogP contribution in [0.25, 0.3) is 10.8 Å². The zero-order chi connectivity index (χ0) is 26.9. The Labute approximate surface area is 222 Å². The van der Waals surface area contributed by atoms with Gasteiger partial charge in [0.1, 0.15) is 22.0 Å². The number of benzene rings is 4. The number of carbonyl (C=O) groups excluding carboxylic acids is 1. The van der Waals surface area contributed by atoms with E-state index in [1.54, 1.807) is 36.4 Å². The van der Waals surface area contributed by atoms with Gasteiger partial charge in [0.25, 0.3) is 16.0 Å². The highest BCUT2D eigenvalue weighted by molar-refractivity contribution is 7.86. The summed E-state index contributed by atoms with van der Waals surface area (Å²) in [5.41, 5.74) is 0.338. The lowest BCUT2D eigenvalue weighted by Crippen LogP contribution is -2.12. The molecule has 0 aliphatic carbocycles. The number of halogens is 2. The third kappa shape index (κ3) is 5.52. The predicted molar refractivity (Wildman–Crippen MR) is 142 cm³/mol. The summed E-state index contributed by atoms with van der Waals surface area (Å²) in [6, 6.07) is 15.5. The fourth-order valence-electron chi connectivity index (χ4n) is 3.66. The maximum Gasteiger partial charge on any atom is 0.296 e. The van der Waals surface area contributed by atoms with E-state index in [2.05, 4.69) is 15.5 Å². The van der Waals surface area contributed by atoms with Crippen LogP contribution in [0, 0.1) is 6.92 Å². The summed E-state index contributed by atoms with van der Waals surface area (Å²) in [5, 5.41) is 23.3. The van der Waals surface area contributed by atoms with Crippen LogP contribution in [0.3, 0.4) is 0 Å². The first-order valence-electron chi connectivity index (χ1n) is 10.6. The Hall–Kier alpha value is -3.70. The summed E-state index contributed by atoms with van der Waals surface area (Å²) < 4.78 is 38.6. The van der Waals surface area contributed by atoms with Crippen molar-refractivity contribution in [1.29, 1.82) is 0 Å². The van der Waals surface area contributed by atoms with E-state index >= 15 is 0 Å². The average molecular weight is 560 g/mol. The lowest BCUT2D eigenvalue weighted by molar-refractivity contribution is 0.102. The number of hydrogen-bond donors (Lipinski definition) is 3. The molecule has 0 heterocycles. The number of amides is 1. The number of nitrogens with zero attached hydrogens (tertiary/aromatic N) is 2. The van der Waals surface area contributed by atoms with Crippen molar-refractivity contribution in [1.82, 2.24) is 0 Å². The van der Waals surface area contributed by atoms with E-state index in [1.165, 1.54) is 32.2 Å². The van der Waals surface area contributed by atoms with Crippen molar-refractivity contribution in [2.75, 3.05) is 12.4 Å². The molecule has 190 valence electrons. The Morgan fingerprint density at radius 3 is 2.41 bits per heavy atom. The summed E-state index contributed by atoms with van der Waals surface area (Å²) in [5.74, 6) is -0.782. The Morgan fingerprint density at radius 1 is 1.00 bits per heavy atom. The van der Waals surface area contributed by atoms with Crippen LogP contribution in [-0.2, 0) is 10.1 Å². The molecule has 0 unspecified atom stereocenters. The Kier molecular flexibility index (Phi) is 7.37. The van der Waals surface area contributed by atoms with Crippen LogP contribution < -0.4 is 10.1 Å². The Bertz CT molecular complexity index is 1690. The second-order valence-electron chi connectivity index (χ2n) is 7.89. The fourth-order valence-corrected chi connectivity index (χ4v) is 4.91. The van der Waals surface area contributed by atoms with Crippen molar-refractivity contribution >= 4 is 67.1 Å². The largest absolute Gasteiger partial charge is 0.505 e. The standard InChI is InChI=1S/C25H19Cl2N3O6S/c1-13-9-15(26)11-21(37(33,34)35)22(13)29-30-23-17-6-4-3-5-14(17)10-18(24(23)31)25(32)28-16-7-8-19(27)20(12-16)36-2/h3-12,31H,1-2H3,(H,28,32)(H,33,34,35). The second kappa shape index (κ2) is 10.3. The minimum atomic E-state index is -4.69. The highest BCUT2D eigenvalue weighted by atomic mass is 35.5. The van der Waals surface area contributed by atoms with Crippen molar-refractivity contribution in [2.45, 2.75) is 11.8 Å². The molecule has 0 aliphatic rings. The number of phenols is 1. The number of carbonyl (C=O) groups is 1. The molecule has 0 bridgehead atoms. The van der Waals surface area contributed by atoms with Gasteiger partial charge < -0.3 is 15.2 Å². The van der Waals surface area contributed by atoms with Crippen molar-refractivity contribution in [3.63, 3.8) is 0 Å². The highest BCUT2D eigenvalue weighted by Crippen LogP contribution is 2.41. The van der Waals surface area contributed by atoms with Gasteiger partial charge in [0.2, 0.25) is 0 Å². The van der Waals surface area contributed by atoms with E-state index in [0.29, 0.717) is 32.8 Å². The fraction of sp³-hybridized carbons (Fsp3) is 0.0800. The van der Waals surface area contributed by atoms with Crippen LogP contribution in [0.1, 0.15) is 15.9 Å². The molecule has 4 aromatic rings. The first-order chi connectivity index (χ1) is 17.5. The monoisotopic (exact) mass is 559 g/mol. The molecule has 3 N–H and O–H groups in total. The Morgan fingerprint density at radius 2 is 1.70 bits per heavy atom. The molecule has 0 saturated heterocycles. The number of phenolic OH excluding ortho intramolecular Hbond substituents is 1. The van der Waals surface area contributed by atoms with Crippen LogP contribution in [0.2, 0.25) is 10.0 Å². The van der Waals surface area contributed by atoms with E-state index in [0.717, 1.165) is 6.07 Å². The van der Waals surface area contributed by atoms with Gasteiger partial charge in [-0.15, -0.1) is 10.2 Å². The van der Waals surface area contributed by atoms with Crippen LogP contribution in [0.5, 0.6) is 11.5 Å². The van der Waals surface area contributed by atoms with Gasteiger partial charge in [-0.3, -0.25) is 9.35 Å².